The molecule has 0 radical (unpaired) electrons. The molecule has 2 fully saturated rings. The van der Waals surface area contributed by atoms with Gasteiger partial charge in [0.15, 0.2) is 5.82 Å². The van der Waals surface area contributed by atoms with Crippen molar-refractivity contribution in [3.63, 3.8) is 0 Å². The zero-order chi connectivity index (χ0) is 21.1. The van der Waals surface area contributed by atoms with Crippen molar-refractivity contribution in [2.24, 2.45) is 0 Å². The highest BCUT2D eigenvalue weighted by molar-refractivity contribution is 5.94. The number of rotatable bonds is 7. The van der Waals surface area contributed by atoms with Gasteiger partial charge in [-0.3, -0.25) is 9.89 Å². The van der Waals surface area contributed by atoms with Gasteiger partial charge in [-0.25, -0.2) is 9.78 Å². The Bertz CT molecular complexity index is 890. The van der Waals surface area contributed by atoms with E-state index in [1.54, 1.807) is 18.3 Å². The van der Waals surface area contributed by atoms with Gasteiger partial charge in [0, 0.05) is 36.0 Å². The smallest absolute Gasteiger partial charge is 0.407 e. The summed E-state index contributed by atoms with van der Waals surface area (Å²) in [6, 6.07) is 5.86. The number of aromatic amines is 1. The van der Waals surface area contributed by atoms with Gasteiger partial charge in [0.1, 0.15) is 11.9 Å². The minimum atomic E-state index is -0.358. The van der Waals surface area contributed by atoms with E-state index in [-0.39, 0.29) is 30.1 Å². The Labute approximate surface area is 175 Å². The highest BCUT2D eigenvalue weighted by Crippen LogP contribution is 2.36. The van der Waals surface area contributed by atoms with Crippen LogP contribution in [0.4, 0.5) is 16.4 Å². The number of hydrogen-bond acceptors (Lipinski definition) is 6. The average molecular weight is 412 g/mol. The number of aromatic nitrogens is 3. The lowest BCUT2D eigenvalue weighted by Gasteiger charge is -2.14. The highest BCUT2D eigenvalue weighted by Gasteiger charge is 2.30. The highest BCUT2D eigenvalue weighted by atomic mass is 16.6. The lowest BCUT2D eigenvalue weighted by molar-refractivity contribution is 0.0948. The second-order valence-electron chi connectivity index (χ2n) is 8.35. The van der Waals surface area contributed by atoms with Crippen LogP contribution in [0.5, 0.6) is 0 Å². The molecule has 2 aromatic rings. The molecule has 9 heteroatoms. The maximum Gasteiger partial charge on any atom is 0.407 e. The Morgan fingerprint density at radius 2 is 2.00 bits per heavy atom. The number of nitrogens with zero attached hydrogens (tertiary/aromatic N) is 2. The van der Waals surface area contributed by atoms with Crippen LogP contribution in [-0.2, 0) is 4.74 Å². The summed E-state index contributed by atoms with van der Waals surface area (Å²) < 4.78 is 5.49. The molecule has 2 saturated carbocycles. The summed E-state index contributed by atoms with van der Waals surface area (Å²) in [6.45, 7) is 3.81. The van der Waals surface area contributed by atoms with Crippen LogP contribution in [-0.4, -0.2) is 45.4 Å². The number of hydrogen-bond donors (Lipinski definition) is 4. The Morgan fingerprint density at radius 3 is 2.70 bits per heavy atom. The molecular weight excluding hydrogens is 384 g/mol. The fraction of sp³-hybridized carbons (Fsp3) is 0.524. The number of alkyl carbamates (subject to hydrolysis) is 1. The largest absolute Gasteiger partial charge is 0.446 e. The standard InChI is InChI=1S/C21H28N6O3/c1-12(2)23-21(29)30-16-7-3-13(9-16)17-10-19(27-26-17)25-18-8-4-14(11-22-18)20(28)24-15-5-6-15/h4,8,10-13,15-16H,3,5-7,9H2,1-2H3,(H,23,29)(H,24,28)(H2,22,25,26,27). The zero-order valence-corrected chi connectivity index (χ0v) is 17.3. The van der Waals surface area contributed by atoms with Gasteiger partial charge in [-0.2, -0.15) is 5.10 Å². The van der Waals surface area contributed by atoms with E-state index in [0.29, 0.717) is 23.2 Å². The van der Waals surface area contributed by atoms with Crippen molar-refractivity contribution in [3.8, 4) is 0 Å². The van der Waals surface area contributed by atoms with E-state index in [0.717, 1.165) is 37.8 Å². The van der Waals surface area contributed by atoms with Gasteiger partial charge in [-0.05, 0) is 58.1 Å². The topological polar surface area (TPSA) is 121 Å². The normalized spacial score (nSPS) is 20.8. The molecule has 0 spiro atoms. The molecule has 0 aliphatic heterocycles. The van der Waals surface area contributed by atoms with Crippen molar-refractivity contribution in [3.05, 3.63) is 35.7 Å². The molecule has 0 aromatic carbocycles. The van der Waals surface area contributed by atoms with Gasteiger partial charge in [-0.1, -0.05) is 0 Å². The molecule has 2 aliphatic carbocycles. The first kappa shape index (κ1) is 20.2. The van der Waals surface area contributed by atoms with Gasteiger partial charge in [0.05, 0.1) is 5.56 Å². The van der Waals surface area contributed by atoms with E-state index in [9.17, 15) is 9.59 Å². The van der Waals surface area contributed by atoms with Crippen LogP contribution >= 0.6 is 0 Å². The summed E-state index contributed by atoms with van der Waals surface area (Å²) >= 11 is 0. The molecule has 4 rings (SSSR count). The van der Waals surface area contributed by atoms with Gasteiger partial charge < -0.3 is 20.7 Å². The summed E-state index contributed by atoms with van der Waals surface area (Å²) in [6.07, 6.45) is 5.78. The molecule has 2 aromatic heterocycles. The van der Waals surface area contributed by atoms with Crippen molar-refractivity contribution in [1.82, 2.24) is 25.8 Å². The quantitative estimate of drug-likeness (QED) is 0.554. The zero-order valence-electron chi connectivity index (χ0n) is 17.3. The van der Waals surface area contributed by atoms with Crippen molar-refractivity contribution in [2.75, 3.05) is 5.32 Å². The van der Waals surface area contributed by atoms with E-state index in [1.807, 2.05) is 19.9 Å². The lowest BCUT2D eigenvalue weighted by Crippen LogP contribution is -2.33. The van der Waals surface area contributed by atoms with E-state index in [4.69, 9.17) is 4.74 Å². The fourth-order valence-corrected chi connectivity index (χ4v) is 3.59. The fourth-order valence-electron chi connectivity index (χ4n) is 3.59. The van der Waals surface area contributed by atoms with Gasteiger partial charge >= 0.3 is 6.09 Å². The molecule has 0 saturated heterocycles. The SMILES string of the molecule is CC(C)NC(=O)OC1CCC(c2cc(Nc3ccc(C(=O)NC4CC4)cn3)n[nH]2)C1. The van der Waals surface area contributed by atoms with Crippen LogP contribution in [0, 0.1) is 0 Å². The number of carbonyl (C=O) groups excluding carboxylic acids is 2. The monoisotopic (exact) mass is 412 g/mol. The Kier molecular flexibility index (Phi) is 5.87. The molecule has 30 heavy (non-hydrogen) atoms. The molecule has 0 bridgehead atoms. The second kappa shape index (κ2) is 8.73. The van der Waals surface area contributed by atoms with E-state index in [1.165, 1.54) is 0 Å². The van der Waals surface area contributed by atoms with Gasteiger partial charge in [-0.15, -0.1) is 0 Å². The lowest BCUT2D eigenvalue weighted by atomic mass is 10.0. The van der Waals surface area contributed by atoms with Crippen LogP contribution < -0.4 is 16.0 Å². The van der Waals surface area contributed by atoms with Crippen molar-refractivity contribution in [2.45, 2.75) is 70.1 Å². The Balaban J connectivity index is 1.29. The van der Waals surface area contributed by atoms with E-state index >= 15 is 0 Å². The van der Waals surface area contributed by atoms with Crippen LogP contribution in [0.15, 0.2) is 24.4 Å². The average Bonchev–Trinajstić information content (AvgIpc) is 3.19. The number of anilines is 2. The molecule has 160 valence electrons. The number of H-pyrrole nitrogens is 1. The minimum absolute atomic E-state index is 0.0613. The van der Waals surface area contributed by atoms with Gasteiger partial charge in [0.25, 0.3) is 5.91 Å². The van der Waals surface area contributed by atoms with Gasteiger partial charge in [0.2, 0.25) is 0 Å². The maximum atomic E-state index is 12.0. The number of ether oxygens (including phenoxy) is 1. The maximum absolute atomic E-state index is 12.0. The molecule has 2 unspecified atom stereocenters. The molecule has 2 amide bonds. The van der Waals surface area contributed by atoms with Crippen molar-refractivity contribution < 1.29 is 14.3 Å². The molecule has 2 aliphatic rings. The molecule has 9 nitrogen and oxygen atoms in total. The predicted octanol–water partition coefficient (Wildman–Crippen LogP) is 3.21. The summed E-state index contributed by atoms with van der Waals surface area (Å²) in [5.41, 5.74) is 1.56. The number of amides is 2. The summed E-state index contributed by atoms with van der Waals surface area (Å²) in [5, 5.41) is 16.2. The van der Waals surface area contributed by atoms with Crippen molar-refractivity contribution in [1.29, 1.82) is 0 Å². The molecule has 2 heterocycles. The van der Waals surface area contributed by atoms with E-state index < -0.39 is 0 Å². The summed E-state index contributed by atoms with van der Waals surface area (Å²) in [5.74, 6) is 1.47. The number of nitrogens with one attached hydrogen (secondary N) is 4. The van der Waals surface area contributed by atoms with Crippen molar-refractivity contribution >= 4 is 23.6 Å². The van der Waals surface area contributed by atoms with Crippen LogP contribution in [0.25, 0.3) is 0 Å². The first-order chi connectivity index (χ1) is 14.5. The first-order valence-electron chi connectivity index (χ1n) is 10.5. The minimum Gasteiger partial charge on any atom is -0.446 e. The number of pyridine rings is 1. The molecular formula is C21H28N6O3. The first-order valence-corrected chi connectivity index (χ1v) is 10.5. The van der Waals surface area contributed by atoms with Crippen LogP contribution in [0.2, 0.25) is 0 Å². The summed E-state index contributed by atoms with van der Waals surface area (Å²) in [7, 11) is 0. The predicted molar refractivity (Wildman–Crippen MR) is 112 cm³/mol. The Hall–Kier alpha value is -3.10. The van der Waals surface area contributed by atoms with E-state index in [2.05, 4.69) is 31.1 Å². The molecule has 2 atom stereocenters. The molecule has 4 N–H and O–H groups in total. The number of carbonyl (C=O) groups is 2. The third kappa shape index (κ3) is 5.28. The third-order valence-corrected chi connectivity index (χ3v) is 5.30. The Morgan fingerprint density at radius 1 is 1.17 bits per heavy atom. The third-order valence-electron chi connectivity index (χ3n) is 5.30. The summed E-state index contributed by atoms with van der Waals surface area (Å²) in [4.78, 5) is 28.1. The van der Waals surface area contributed by atoms with Crippen LogP contribution in [0.3, 0.4) is 0 Å². The second-order valence-corrected chi connectivity index (χ2v) is 8.35. The van der Waals surface area contributed by atoms with Crippen LogP contribution in [0.1, 0.15) is 67.9 Å².